The molecule has 0 aliphatic heterocycles. The lowest BCUT2D eigenvalue weighted by molar-refractivity contribution is -0.115. The number of amides is 1. The minimum atomic E-state index is -0.140. The first-order valence-corrected chi connectivity index (χ1v) is 7.51. The SMILES string of the molecule is Cc1cc(Br)c(NC(=O)Cc2ccccc2Cl)cc1Cl. The van der Waals surface area contributed by atoms with E-state index in [0.717, 1.165) is 15.6 Å². The zero-order valence-corrected chi connectivity index (χ0v) is 13.8. The van der Waals surface area contributed by atoms with Gasteiger partial charge in [0, 0.05) is 14.5 Å². The standard InChI is InChI=1S/C15H12BrCl2NO/c1-9-6-11(16)14(8-13(9)18)19-15(20)7-10-4-2-3-5-12(10)17/h2-6,8H,7H2,1H3,(H,19,20). The van der Waals surface area contributed by atoms with E-state index in [1.165, 1.54) is 0 Å². The lowest BCUT2D eigenvalue weighted by Crippen LogP contribution is -2.15. The van der Waals surface area contributed by atoms with Crippen molar-refractivity contribution in [2.75, 3.05) is 5.32 Å². The molecule has 0 unspecified atom stereocenters. The highest BCUT2D eigenvalue weighted by molar-refractivity contribution is 9.10. The van der Waals surface area contributed by atoms with Crippen molar-refractivity contribution in [2.45, 2.75) is 13.3 Å². The topological polar surface area (TPSA) is 29.1 Å². The van der Waals surface area contributed by atoms with Crippen molar-refractivity contribution in [3.8, 4) is 0 Å². The zero-order chi connectivity index (χ0) is 14.7. The normalized spacial score (nSPS) is 10.4. The monoisotopic (exact) mass is 371 g/mol. The summed E-state index contributed by atoms with van der Waals surface area (Å²) in [6.07, 6.45) is 0.220. The van der Waals surface area contributed by atoms with Crippen LogP contribution in [0.1, 0.15) is 11.1 Å². The van der Waals surface area contributed by atoms with E-state index < -0.39 is 0 Å². The van der Waals surface area contributed by atoms with Crippen LogP contribution >= 0.6 is 39.1 Å². The second kappa shape index (κ2) is 6.61. The maximum atomic E-state index is 12.0. The van der Waals surface area contributed by atoms with Crippen LogP contribution in [0.3, 0.4) is 0 Å². The molecule has 2 rings (SSSR count). The molecular formula is C15H12BrCl2NO. The molecule has 0 bridgehead atoms. The van der Waals surface area contributed by atoms with Crippen molar-refractivity contribution < 1.29 is 4.79 Å². The molecule has 0 aromatic heterocycles. The minimum Gasteiger partial charge on any atom is -0.325 e. The van der Waals surface area contributed by atoms with E-state index in [1.54, 1.807) is 12.1 Å². The Bertz CT molecular complexity index is 658. The summed E-state index contributed by atoms with van der Waals surface area (Å²) in [5, 5.41) is 4.02. The number of carbonyl (C=O) groups excluding carboxylic acids is 1. The zero-order valence-electron chi connectivity index (χ0n) is 10.7. The fourth-order valence-electron chi connectivity index (χ4n) is 1.75. The molecule has 5 heteroatoms. The first-order valence-electron chi connectivity index (χ1n) is 5.96. The third kappa shape index (κ3) is 3.75. The predicted molar refractivity (Wildman–Crippen MR) is 87.7 cm³/mol. The van der Waals surface area contributed by atoms with Crippen molar-refractivity contribution in [1.29, 1.82) is 0 Å². The van der Waals surface area contributed by atoms with Crippen LogP contribution in [0, 0.1) is 6.92 Å². The maximum Gasteiger partial charge on any atom is 0.228 e. The van der Waals surface area contributed by atoms with Gasteiger partial charge in [0.05, 0.1) is 12.1 Å². The van der Waals surface area contributed by atoms with Crippen LogP contribution in [0.25, 0.3) is 0 Å². The molecule has 2 nitrogen and oxygen atoms in total. The number of hydrogen-bond acceptors (Lipinski definition) is 1. The third-order valence-electron chi connectivity index (χ3n) is 2.83. The van der Waals surface area contributed by atoms with Crippen molar-refractivity contribution >= 4 is 50.7 Å². The smallest absolute Gasteiger partial charge is 0.228 e. The maximum absolute atomic E-state index is 12.0. The van der Waals surface area contributed by atoms with Crippen LogP contribution in [0.5, 0.6) is 0 Å². The molecule has 1 amide bonds. The molecule has 1 N–H and O–H groups in total. The Kier molecular flexibility index (Phi) is 5.08. The molecule has 0 spiro atoms. The number of carbonyl (C=O) groups is 1. The van der Waals surface area contributed by atoms with Gasteiger partial charge in [-0.05, 0) is 52.2 Å². The van der Waals surface area contributed by atoms with Crippen molar-refractivity contribution in [3.05, 3.63) is 62.0 Å². The number of hydrogen-bond donors (Lipinski definition) is 1. The Hall–Kier alpha value is -1.03. The highest BCUT2D eigenvalue weighted by atomic mass is 79.9. The number of benzene rings is 2. The van der Waals surface area contributed by atoms with Gasteiger partial charge in [0.15, 0.2) is 0 Å². The van der Waals surface area contributed by atoms with Gasteiger partial charge >= 0.3 is 0 Å². The van der Waals surface area contributed by atoms with E-state index in [2.05, 4.69) is 21.2 Å². The Balaban J connectivity index is 2.13. The fraction of sp³-hybridized carbons (Fsp3) is 0.133. The molecule has 104 valence electrons. The van der Waals surface area contributed by atoms with E-state index in [1.807, 2.05) is 31.2 Å². The number of nitrogens with one attached hydrogen (secondary N) is 1. The van der Waals surface area contributed by atoms with Gasteiger partial charge in [-0.2, -0.15) is 0 Å². The van der Waals surface area contributed by atoms with Gasteiger partial charge in [-0.3, -0.25) is 4.79 Å². The van der Waals surface area contributed by atoms with Crippen LogP contribution in [0.4, 0.5) is 5.69 Å². The summed E-state index contributed by atoms with van der Waals surface area (Å²) >= 11 is 15.5. The van der Waals surface area contributed by atoms with Gasteiger partial charge in [0.2, 0.25) is 5.91 Å². The van der Waals surface area contributed by atoms with E-state index in [4.69, 9.17) is 23.2 Å². The van der Waals surface area contributed by atoms with Gasteiger partial charge in [0.25, 0.3) is 0 Å². The largest absolute Gasteiger partial charge is 0.325 e. The summed E-state index contributed by atoms with van der Waals surface area (Å²) < 4.78 is 0.798. The fourth-order valence-corrected chi connectivity index (χ4v) is 2.67. The molecule has 0 aliphatic carbocycles. The highest BCUT2D eigenvalue weighted by Gasteiger charge is 2.10. The predicted octanol–water partition coefficient (Wildman–Crippen LogP) is 5.25. The summed E-state index contributed by atoms with van der Waals surface area (Å²) in [7, 11) is 0. The van der Waals surface area contributed by atoms with Crippen molar-refractivity contribution in [3.63, 3.8) is 0 Å². The summed E-state index contributed by atoms with van der Waals surface area (Å²) in [5.74, 6) is -0.140. The molecule has 2 aromatic carbocycles. The molecule has 0 heterocycles. The van der Waals surface area contributed by atoms with E-state index in [9.17, 15) is 4.79 Å². The van der Waals surface area contributed by atoms with Crippen LogP contribution in [-0.2, 0) is 11.2 Å². The van der Waals surface area contributed by atoms with Gasteiger partial charge in [0.1, 0.15) is 0 Å². The number of anilines is 1. The number of halogens is 3. The second-order valence-corrected chi connectivity index (χ2v) is 6.07. The molecule has 2 aromatic rings. The molecule has 0 radical (unpaired) electrons. The summed E-state index contributed by atoms with van der Waals surface area (Å²) in [4.78, 5) is 12.0. The van der Waals surface area contributed by atoms with Gasteiger partial charge < -0.3 is 5.32 Å². The summed E-state index contributed by atoms with van der Waals surface area (Å²) in [5.41, 5.74) is 2.39. The van der Waals surface area contributed by atoms with E-state index >= 15 is 0 Å². The number of rotatable bonds is 3. The molecule has 0 saturated heterocycles. The third-order valence-corrected chi connectivity index (χ3v) is 4.26. The second-order valence-electron chi connectivity index (χ2n) is 4.40. The minimum absolute atomic E-state index is 0.140. The first-order chi connectivity index (χ1) is 9.47. The lowest BCUT2D eigenvalue weighted by atomic mass is 10.1. The van der Waals surface area contributed by atoms with Crippen molar-refractivity contribution in [2.24, 2.45) is 0 Å². The van der Waals surface area contributed by atoms with Crippen LogP contribution < -0.4 is 5.32 Å². The van der Waals surface area contributed by atoms with Crippen LogP contribution in [0.15, 0.2) is 40.9 Å². The van der Waals surface area contributed by atoms with Crippen molar-refractivity contribution in [1.82, 2.24) is 0 Å². The van der Waals surface area contributed by atoms with E-state index in [-0.39, 0.29) is 12.3 Å². The average Bonchev–Trinajstić information content (AvgIpc) is 2.39. The first kappa shape index (κ1) is 15.4. The number of aryl methyl sites for hydroxylation is 1. The molecule has 0 fully saturated rings. The van der Waals surface area contributed by atoms with Gasteiger partial charge in [-0.25, -0.2) is 0 Å². The molecule has 20 heavy (non-hydrogen) atoms. The average molecular weight is 373 g/mol. The highest BCUT2D eigenvalue weighted by Crippen LogP contribution is 2.29. The van der Waals surface area contributed by atoms with Gasteiger partial charge in [-0.1, -0.05) is 41.4 Å². The Morgan fingerprint density at radius 1 is 1.20 bits per heavy atom. The van der Waals surface area contributed by atoms with Crippen LogP contribution in [-0.4, -0.2) is 5.91 Å². The quantitative estimate of drug-likeness (QED) is 0.783. The molecule has 0 aliphatic rings. The van der Waals surface area contributed by atoms with Gasteiger partial charge in [-0.15, -0.1) is 0 Å². The molecule has 0 saturated carbocycles. The molecule has 0 atom stereocenters. The Labute approximate surface area is 136 Å². The van der Waals surface area contributed by atoms with E-state index in [0.29, 0.717) is 15.7 Å². The molecular weight excluding hydrogens is 361 g/mol. The Morgan fingerprint density at radius 3 is 2.60 bits per heavy atom. The Morgan fingerprint density at radius 2 is 1.90 bits per heavy atom. The van der Waals surface area contributed by atoms with Crippen LogP contribution in [0.2, 0.25) is 10.0 Å². The summed E-state index contributed by atoms with van der Waals surface area (Å²) in [6.45, 7) is 1.91. The summed E-state index contributed by atoms with van der Waals surface area (Å²) in [6, 6.07) is 10.9. The lowest BCUT2D eigenvalue weighted by Gasteiger charge is -2.10.